The van der Waals surface area contributed by atoms with E-state index in [1.807, 2.05) is 19.9 Å². The van der Waals surface area contributed by atoms with Crippen LogP contribution in [0.25, 0.3) is 21.9 Å². The fraction of sp³-hybridized carbons (Fsp3) is 0.596. The van der Waals surface area contributed by atoms with E-state index in [2.05, 4.69) is 10.6 Å². The zero-order valence-corrected chi connectivity index (χ0v) is 35.6. The van der Waals surface area contributed by atoms with Crippen molar-refractivity contribution in [2.45, 2.75) is 136 Å². The Morgan fingerprint density at radius 3 is 2.37 bits per heavy atom. The van der Waals surface area contributed by atoms with Gasteiger partial charge in [-0.2, -0.15) is 0 Å². The lowest BCUT2D eigenvalue weighted by molar-refractivity contribution is -0.219. The van der Waals surface area contributed by atoms with Gasteiger partial charge in [0.2, 0.25) is 11.7 Å². The van der Waals surface area contributed by atoms with Crippen LogP contribution < -0.4 is 16.3 Å². The van der Waals surface area contributed by atoms with E-state index >= 15 is 4.39 Å². The standard InChI is InChI=1S/C47H59FN2O10/c1-26-20-39(55)60-41-28(3)42-33(23-32(26)41)40(29(4)59-42)50-38(54)14-12-10-8-7-9-11-13-19-49-43(56)58-25-37(53)47(57)27(2)21-35-34-16-15-30-22-31(51)17-18-44(30,5)46(34,48)36(52)24-45(35,47)6/h17-18,20,22-23,27,34-36,52,57H,7-16,19,21,24-25H2,1-6H3,(H,49,56)(H,50,54)/t27-,34?,35?,36?,44?,45?,46+,47+/m1/s1. The Hall–Kier alpha value is -4.62. The number of ether oxygens (including phenoxy) is 1. The van der Waals surface area contributed by atoms with E-state index in [4.69, 9.17) is 13.6 Å². The number of furan rings is 1. The van der Waals surface area contributed by atoms with Crippen LogP contribution in [0.5, 0.6) is 0 Å². The van der Waals surface area contributed by atoms with Gasteiger partial charge < -0.3 is 34.4 Å². The second-order valence-corrected chi connectivity index (χ2v) is 18.4. The lowest BCUT2D eigenvalue weighted by Gasteiger charge is -2.62. The van der Waals surface area contributed by atoms with Crippen molar-refractivity contribution in [2.75, 3.05) is 18.5 Å². The Labute approximate surface area is 349 Å². The molecule has 324 valence electrons. The summed E-state index contributed by atoms with van der Waals surface area (Å²) >= 11 is 0. The summed E-state index contributed by atoms with van der Waals surface area (Å²) in [6, 6.07) is 3.34. The van der Waals surface area contributed by atoms with Gasteiger partial charge in [-0.05, 0) is 102 Å². The molecule has 5 unspecified atom stereocenters. The van der Waals surface area contributed by atoms with E-state index in [1.165, 1.54) is 18.2 Å². The van der Waals surface area contributed by atoms with Crippen molar-refractivity contribution in [1.82, 2.24) is 5.32 Å². The number of halogens is 1. The van der Waals surface area contributed by atoms with Crippen LogP contribution in [0.2, 0.25) is 0 Å². The number of rotatable bonds is 14. The predicted octanol–water partition coefficient (Wildman–Crippen LogP) is 8.17. The monoisotopic (exact) mass is 830 g/mol. The molecule has 2 heterocycles. The van der Waals surface area contributed by atoms with Crippen LogP contribution in [0.3, 0.4) is 0 Å². The number of alkyl carbamates (subject to hydrolysis) is 1. The van der Waals surface area contributed by atoms with Crippen LogP contribution in [0.15, 0.2) is 49.6 Å². The van der Waals surface area contributed by atoms with E-state index in [9.17, 15) is 34.2 Å². The van der Waals surface area contributed by atoms with Crippen LogP contribution in [0.4, 0.5) is 14.9 Å². The molecule has 0 spiro atoms. The van der Waals surface area contributed by atoms with Gasteiger partial charge in [0.05, 0.1) is 11.8 Å². The third kappa shape index (κ3) is 7.12. The summed E-state index contributed by atoms with van der Waals surface area (Å²) in [5.41, 5.74) is -2.87. The Morgan fingerprint density at radius 2 is 1.63 bits per heavy atom. The number of benzene rings is 1. The number of alkyl halides is 1. The molecule has 3 saturated carbocycles. The summed E-state index contributed by atoms with van der Waals surface area (Å²) in [5.74, 6) is -1.96. The van der Waals surface area contributed by atoms with Crippen LogP contribution in [0, 0.1) is 49.4 Å². The molecular weight excluding hydrogens is 772 g/mol. The van der Waals surface area contributed by atoms with Gasteiger partial charge in [-0.3, -0.25) is 14.4 Å². The molecule has 4 N–H and O–H groups in total. The Kier molecular flexibility index (Phi) is 11.8. The number of aliphatic hydroxyl groups is 2. The molecule has 3 aromatic rings. The first kappa shape index (κ1) is 43.5. The summed E-state index contributed by atoms with van der Waals surface area (Å²) in [4.78, 5) is 63.3. The predicted molar refractivity (Wildman–Crippen MR) is 224 cm³/mol. The first-order valence-corrected chi connectivity index (χ1v) is 21.6. The van der Waals surface area contributed by atoms with E-state index < -0.39 is 70.1 Å². The maximum Gasteiger partial charge on any atom is 0.407 e. The molecule has 2 aromatic heterocycles. The van der Waals surface area contributed by atoms with Crippen LogP contribution >= 0.6 is 0 Å². The van der Waals surface area contributed by atoms with Crippen molar-refractivity contribution in [3.63, 3.8) is 0 Å². The number of Topliss-reactive ketones (excluding diaryl/α,β-unsaturated/α-hetero) is 1. The Morgan fingerprint density at radius 1 is 0.950 bits per heavy atom. The van der Waals surface area contributed by atoms with Gasteiger partial charge in [0.1, 0.15) is 22.5 Å². The second-order valence-electron chi connectivity index (χ2n) is 18.4. The quantitative estimate of drug-likeness (QED) is 0.0913. The highest BCUT2D eigenvalue weighted by atomic mass is 19.1. The minimum Gasteiger partial charge on any atom is -0.459 e. The number of hydrogen-bond donors (Lipinski definition) is 4. The minimum absolute atomic E-state index is 0.0944. The van der Waals surface area contributed by atoms with Crippen molar-refractivity contribution < 1.29 is 47.4 Å². The number of carbonyl (C=O) groups excluding carboxylic acids is 4. The average molecular weight is 831 g/mol. The van der Waals surface area contributed by atoms with Gasteiger partial charge in [0, 0.05) is 52.1 Å². The molecule has 2 amide bonds. The van der Waals surface area contributed by atoms with Crippen molar-refractivity contribution in [1.29, 1.82) is 0 Å². The fourth-order valence-electron chi connectivity index (χ4n) is 11.6. The van der Waals surface area contributed by atoms with Crippen molar-refractivity contribution >= 4 is 51.2 Å². The minimum atomic E-state index is -2.07. The molecule has 12 nitrogen and oxygen atoms in total. The molecule has 60 heavy (non-hydrogen) atoms. The van der Waals surface area contributed by atoms with Crippen molar-refractivity contribution in [2.24, 2.45) is 28.6 Å². The third-order valence-electron chi connectivity index (χ3n) is 14.9. The lowest BCUT2D eigenvalue weighted by Crippen LogP contribution is -2.69. The zero-order chi connectivity index (χ0) is 43.4. The second kappa shape index (κ2) is 16.3. The Bertz CT molecular complexity index is 2340. The molecule has 0 radical (unpaired) electrons. The molecule has 0 bridgehead atoms. The fourth-order valence-corrected chi connectivity index (χ4v) is 11.6. The molecule has 1 aromatic carbocycles. The van der Waals surface area contributed by atoms with Gasteiger partial charge in [-0.15, -0.1) is 0 Å². The SMILES string of the molecule is Cc1oc2c(C)c3oc(=O)cc(C)c3cc2c1NC(=O)CCCCCCCCCNC(=O)OCC(=O)[C@@]1(O)[C@H](C)CC2C3CCC4=CC(=O)C=CC4(C)[C@@]3(F)C(O)CC21C. The molecule has 7 rings (SSSR count). The molecule has 8 atom stereocenters. The number of anilines is 1. The van der Waals surface area contributed by atoms with E-state index in [0.29, 0.717) is 72.4 Å². The number of allylic oxidation sites excluding steroid dienone is 4. The summed E-state index contributed by atoms with van der Waals surface area (Å²) in [7, 11) is 0. The molecule has 0 aliphatic heterocycles. The molecule has 4 aliphatic carbocycles. The van der Waals surface area contributed by atoms with Gasteiger partial charge in [0.25, 0.3) is 0 Å². The third-order valence-corrected chi connectivity index (χ3v) is 14.9. The smallest absolute Gasteiger partial charge is 0.407 e. The highest BCUT2D eigenvalue weighted by molar-refractivity contribution is 6.08. The molecule has 13 heteroatoms. The maximum absolute atomic E-state index is 17.4. The van der Waals surface area contributed by atoms with Crippen LogP contribution in [0.1, 0.15) is 115 Å². The van der Waals surface area contributed by atoms with Crippen molar-refractivity contribution in [3.05, 3.63) is 63.2 Å². The number of aliphatic hydroxyl groups excluding tert-OH is 1. The number of carbonyl (C=O) groups is 4. The van der Waals surface area contributed by atoms with Gasteiger partial charge in [-0.25, -0.2) is 14.0 Å². The maximum atomic E-state index is 17.4. The van der Waals surface area contributed by atoms with Gasteiger partial charge in [-0.1, -0.05) is 57.6 Å². The summed E-state index contributed by atoms with van der Waals surface area (Å²) in [5, 5.41) is 31.0. The number of ketones is 2. The van der Waals surface area contributed by atoms with E-state index in [1.54, 1.807) is 33.8 Å². The zero-order valence-electron chi connectivity index (χ0n) is 35.6. The van der Waals surface area contributed by atoms with E-state index in [-0.39, 0.29) is 18.1 Å². The van der Waals surface area contributed by atoms with Gasteiger partial charge >= 0.3 is 11.7 Å². The largest absolute Gasteiger partial charge is 0.459 e. The normalized spacial score (nSPS) is 30.8. The highest BCUT2D eigenvalue weighted by Gasteiger charge is 2.75. The summed E-state index contributed by atoms with van der Waals surface area (Å²) < 4.78 is 34.1. The Balaban J connectivity index is 0.802. The van der Waals surface area contributed by atoms with Crippen molar-refractivity contribution in [3.8, 4) is 0 Å². The molecule has 4 aliphatic rings. The highest BCUT2D eigenvalue weighted by Crippen LogP contribution is 2.70. The number of amides is 2. The molecular formula is C47H59FN2O10. The molecule has 3 fully saturated rings. The number of hydrogen-bond acceptors (Lipinski definition) is 10. The first-order chi connectivity index (χ1) is 28.4. The average Bonchev–Trinajstić information content (AvgIpc) is 3.61. The van der Waals surface area contributed by atoms with E-state index in [0.717, 1.165) is 54.9 Å². The summed E-state index contributed by atoms with van der Waals surface area (Å²) in [6.07, 6.45) is 9.81. The summed E-state index contributed by atoms with van der Waals surface area (Å²) in [6.45, 7) is 10.5. The number of unbranched alkanes of at least 4 members (excludes halogenated alkanes) is 6. The number of fused-ring (bicyclic) bond motifs is 7. The van der Waals surface area contributed by atoms with Gasteiger partial charge in [0.15, 0.2) is 18.1 Å². The van der Waals surface area contributed by atoms with Crippen LogP contribution in [-0.4, -0.2) is 64.3 Å². The topological polar surface area (TPSA) is 185 Å². The number of aryl methyl sites for hydroxylation is 3. The molecule has 0 saturated heterocycles. The first-order valence-electron chi connectivity index (χ1n) is 21.6. The van der Waals surface area contributed by atoms with Crippen LogP contribution in [-0.2, 0) is 19.1 Å². The number of nitrogens with one attached hydrogen (secondary N) is 2. The lowest BCUT2D eigenvalue weighted by atomic mass is 9.44.